The highest BCUT2D eigenvalue weighted by Crippen LogP contribution is 2.48. The van der Waals surface area contributed by atoms with Gasteiger partial charge < -0.3 is 37.9 Å². The molecule has 2 bridgehead atoms. The van der Waals surface area contributed by atoms with Crippen molar-refractivity contribution in [1.29, 1.82) is 0 Å². The number of aliphatic hydroxyl groups is 1. The molecule has 1 aliphatic carbocycles. The highest BCUT2D eigenvalue weighted by atomic mass is 16.7. The molecule has 5 aliphatic rings. The van der Waals surface area contributed by atoms with Crippen LogP contribution < -0.4 is 0 Å². The lowest BCUT2D eigenvalue weighted by atomic mass is 9.70. The van der Waals surface area contributed by atoms with E-state index in [2.05, 4.69) is 26.8 Å². The van der Waals surface area contributed by atoms with Crippen molar-refractivity contribution in [3.63, 3.8) is 0 Å². The number of fused-ring (bicyclic) bond motifs is 3. The highest BCUT2D eigenvalue weighted by Gasteiger charge is 2.61. The van der Waals surface area contributed by atoms with Gasteiger partial charge in [-0.2, -0.15) is 0 Å². The minimum atomic E-state index is -1.94. The van der Waals surface area contributed by atoms with E-state index in [-0.39, 0.29) is 42.6 Å². The van der Waals surface area contributed by atoms with Gasteiger partial charge in [-0.25, -0.2) is 4.79 Å². The van der Waals surface area contributed by atoms with Crippen LogP contribution in [0.3, 0.4) is 0 Å². The zero-order valence-corrected chi connectivity index (χ0v) is 33.3. The third-order valence-corrected chi connectivity index (χ3v) is 12.1. The van der Waals surface area contributed by atoms with E-state index in [0.29, 0.717) is 29.6 Å². The molecule has 0 saturated carbocycles. The molecule has 4 aliphatic heterocycles. The largest absolute Gasteiger partial charge is 0.462 e. The van der Waals surface area contributed by atoms with E-state index in [4.69, 9.17) is 32.8 Å². The number of furan rings is 1. The van der Waals surface area contributed by atoms with Crippen molar-refractivity contribution in [2.24, 2.45) is 23.7 Å². The Bertz CT molecular complexity index is 1950. The molecule has 1 aromatic heterocycles. The second kappa shape index (κ2) is 15.9. The fourth-order valence-electron chi connectivity index (χ4n) is 8.92. The summed E-state index contributed by atoms with van der Waals surface area (Å²) in [5, 5.41) is 13.6. The van der Waals surface area contributed by atoms with Gasteiger partial charge in [-0.3, -0.25) is 9.59 Å². The molecule has 7 rings (SSSR count). The molecule has 300 valence electrons. The molecule has 1 N–H and O–H groups in total. The van der Waals surface area contributed by atoms with Crippen molar-refractivity contribution < 1.29 is 52.3 Å². The van der Waals surface area contributed by atoms with Gasteiger partial charge in [0.15, 0.2) is 11.9 Å². The minimum absolute atomic E-state index is 0.00909. The Morgan fingerprint density at radius 1 is 1.02 bits per heavy atom. The molecule has 11 heteroatoms. The third kappa shape index (κ3) is 7.71. The van der Waals surface area contributed by atoms with E-state index >= 15 is 0 Å². The molecule has 0 radical (unpaired) electrons. The number of allylic oxidation sites excluding steroid dienone is 2. The molecule has 56 heavy (non-hydrogen) atoms. The van der Waals surface area contributed by atoms with Gasteiger partial charge in [0.2, 0.25) is 5.76 Å². The van der Waals surface area contributed by atoms with Crippen molar-refractivity contribution in [2.75, 3.05) is 6.61 Å². The van der Waals surface area contributed by atoms with Crippen LogP contribution in [0.4, 0.5) is 0 Å². The molecular formula is C45H54O11. The zero-order valence-electron chi connectivity index (χ0n) is 33.3. The summed E-state index contributed by atoms with van der Waals surface area (Å²) >= 11 is 0. The number of ether oxygens (including phenoxy) is 6. The maximum absolute atomic E-state index is 14.5. The molecule has 12 atom stereocenters. The summed E-state index contributed by atoms with van der Waals surface area (Å²) in [6.45, 7) is 13.4. The van der Waals surface area contributed by atoms with Gasteiger partial charge in [-0.1, -0.05) is 88.8 Å². The number of benzene rings is 1. The second-order valence-electron chi connectivity index (χ2n) is 16.3. The van der Waals surface area contributed by atoms with Crippen LogP contribution in [0.2, 0.25) is 0 Å². The van der Waals surface area contributed by atoms with Crippen molar-refractivity contribution >= 4 is 28.9 Å². The predicted octanol–water partition coefficient (Wildman–Crippen LogP) is 7.49. The molecule has 2 saturated heterocycles. The lowest BCUT2D eigenvalue weighted by Crippen LogP contribution is -2.59. The SMILES string of the molecule is CC[C@H](C)[C@H]1O[C@]2(C=C[C@@H]1C)C[C@@H]1C[C@@H](C/C=C(\C)[C@@H](OC(C)=O)[C@@H](C)/C=C/C=C3\CO[C@@H]4[C@H](OC(=O)c5cc6ccccc6o5)C(C)=C[C@@H](C(=O)O1)[C@]34O)O2. The Hall–Kier alpha value is -4.29. The Balaban J connectivity index is 1.27. The summed E-state index contributed by atoms with van der Waals surface area (Å²) in [4.78, 5) is 40.4. The van der Waals surface area contributed by atoms with Crippen LogP contribution in [-0.4, -0.2) is 77.6 Å². The first-order chi connectivity index (χ1) is 26.7. The monoisotopic (exact) mass is 770 g/mol. The molecule has 1 spiro atoms. The van der Waals surface area contributed by atoms with Gasteiger partial charge in [0.05, 0.1) is 18.8 Å². The Morgan fingerprint density at radius 2 is 1.80 bits per heavy atom. The van der Waals surface area contributed by atoms with Crippen LogP contribution in [0.5, 0.6) is 0 Å². The van der Waals surface area contributed by atoms with Gasteiger partial charge in [-0.05, 0) is 61.1 Å². The summed E-state index contributed by atoms with van der Waals surface area (Å²) in [6, 6.07) is 8.86. The van der Waals surface area contributed by atoms with Gasteiger partial charge in [-0.15, -0.1) is 0 Å². The summed E-state index contributed by atoms with van der Waals surface area (Å²) in [6.07, 6.45) is 11.2. The van der Waals surface area contributed by atoms with Crippen molar-refractivity contribution in [1.82, 2.24) is 0 Å². The van der Waals surface area contributed by atoms with Crippen LogP contribution in [0.25, 0.3) is 11.0 Å². The van der Waals surface area contributed by atoms with Gasteiger partial charge in [0.1, 0.15) is 35.4 Å². The fourth-order valence-corrected chi connectivity index (χ4v) is 8.92. The number of para-hydroxylation sites is 1. The molecule has 1 aromatic carbocycles. The van der Waals surface area contributed by atoms with Crippen LogP contribution in [-0.2, 0) is 38.0 Å². The number of rotatable bonds is 5. The second-order valence-corrected chi connectivity index (χ2v) is 16.3. The van der Waals surface area contributed by atoms with Gasteiger partial charge in [0.25, 0.3) is 0 Å². The van der Waals surface area contributed by atoms with Crippen LogP contribution in [0.1, 0.15) is 84.7 Å². The number of esters is 3. The Labute approximate surface area is 328 Å². The Kier molecular flexibility index (Phi) is 11.4. The normalized spacial score (nSPS) is 39.0. The third-order valence-electron chi connectivity index (χ3n) is 12.1. The maximum atomic E-state index is 14.5. The Morgan fingerprint density at radius 3 is 2.55 bits per heavy atom. The van der Waals surface area contributed by atoms with Crippen molar-refractivity contribution in [3.8, 4) is 0 Å². The number of hydrogen-bond donors (Lipinski definition) is 1. The number of carbonyl (C=O) groups excluding carboxylic acids is 3. The maximum Gasteiger partial charge on any atom is 0.374 e. The summed E-state index contributed by atoms with van der Waals surface area (Å²) in [5.41, 5.74) is 0.391. The smallest absolute Gasteiger partial charge is 0.374 e. The minimum Gasteiger partial charge on any atom is -0.462 e. The van der Waals surface area contributed by atoms with Gasteiger partial charge >= 0.3 is 17.9 Å². The van der Waals surface area contributed by atoms with E-state index in [0.717, 1.165) is 17.4 Å². The standard InChI is InChI=1S/C45H54O11/c1-8-25(2)39-28(5)18-19-44(56-39)23-34-22-33(55-44)17-16-27(4)38(51-30(7)46)26(3)12-11-14-32-24-50-41-40(29(6)20-35(42(47)52-34)45(32,41)49)54-43(48)37-21-31-13-9-10-15-36(31)53-37/h9-16,18-21,25-26,28,33-35,38-41,49H,8,17,22-24H2,1-7H3/b12-11+,27-16+,32-14+/t25-,26-,28-,33+,34-,35-,38-,39+,40+,41+,44+,45+/m0/s1. The zero-order chi connectivity index (χ0) is 39.9. The number of hydrogen-bond acceptors (Lipinski definition) is 11. The molecule has 2 aromatic rings. The quantitative estimate of drug-likeness (QED) is 0.184. The van der Waals surface area contributed by atoms with Crippen molar-refractivity contribution in [3.05, 3.63) is 95.3 Å². The first kappa shape index (κ1) is 39.9. The topological polar surface area (TPSA) is 140 Å². The average molecular weight is 771 g/mol. The summed E-state index contributed by atoms with van der Waals surface area (Å²) in [5.74, 6) is -3.92. The summed E-state index contributed by atoms with van der Waals surface area (Å²) < 4.78 is 43.9. The molecule has 11 nitrogen and oxygen atoms in total. The highest BCUT2D eigenvalue weighted by molar-refractivity contribution is 5.92. The fraction of sp³-hybridized carbons (Fsp3) is 0.533. The molecule has 0 unspecified atom stereocenters. The molecule has 5 heterocycles. The van der Waals surface area contributed by atoms with E-state index in [9.17, 15) is 19.5 Å². The van der Waals surface area contributed by atoms with E-state index in [1.807, 2.05) is 50.3 Å². The van der Waals surface area contributed by atoms with E-state index < -0.39 is 65.7 Å². The van der Waals surface area contributed by atoms with Crippen LogP contribution in [0, 0.1) is 23.7 Å². The average Bonchev–Trinajstić information content (AvgIpc) is 3.75. The first-order valence-corrected chi connectivity index (χ1v) is 19.9. The first-order valence-electron chi connectivity index (χ1n) is 19.9. The predicted molar refractivity (Wildman–Crippen MR) is 207 cm³/mol. The van der Waals surface area contributed by atoms with E-state index in [1.165, 1.54) is 6.92 Å². The van der Waals surface area contributed by atoms with Crippen LogP contribution in [0.15, 0.2) is 94.0 Å². The van der Waals surface area contributed by atoms with Crippen molar-refractivity contribution in [2.45, 2.75) is 122 Å². The number of carbonyl (C=O) groups is 3. The lowest BCUT2D eigenvalue weighted by molar-refractivity contribution is -0.300. The summed E-state index contributed by atoms with van der Waals surface area (Å²) in [7, 11) is 0. The van der Waals surface area contributed by atoms with Crippen LogP contribution >= 0.6 is 0 Å². The lowest BCUT2D eigenvalue weighted by Gasteiger charge is -2.48. The van der Waals surface area contributed by atoms with E-state index in [1.54, 1.807) is 37.3 Å². The molecule has 2 fully saturated rings. The molecular weight excluding hydrogens is 716 g/mol. The molecule has 0 amide bonds. The van der Waals surface area contributed by atoms with Gasteiger partial charge in [0, 0.05) is 37.0 Å².